The van der Waals surface area contributed by atoms with Crippen molar-refractivity contribution in [3.8, 4) is 5.69 Å². The Kier molecular flexibility index (Phi) is 8.59. The van der Waals surface area contributed by atoms with Crippen LogP contribution in [0.2, 0.25) is 0 Å². The lowest BCUT2D eigenvalue weighted by molar-refractivity contribution is -0.113. The third kappa shape index (κ3) is 6.87. The lowest BCUT2D eigenvalue weighted by Gasteiger charge is -2.11. The number of anilines is 1. The van der Waals surface area contributed by atoms with Gasteiger partial charge in [-0.3, -0.25) is 9.36 Å². The van der Waals surface area contributed by atoms with Crippen molar-refractivity contribution in [1.82, 2.24) is 14.8 Å². The fraction of sp³-hybridized carbons (Fsp3) is 0.185. The van der Waals surface area contributed by atoms with E-state index < -0.39 is 15.8 Å². The maximum atomic E-state index is 13.0. The minimum Gasteiger partial charge on any atom is -0.459 e. The minimum absolute atomic E-state index is 0.0168. The molecule has 4 rings (SSSR count). The van der Waals surface area contributed by atoms with Crippen LogP contribution in [0.4, 0.5) is 5.69 Å². The summed E-state index contributed by atoms with van der Waals surface area (Å²) in [6, 6.07) is 23.8. The first-order valence-corrected chi connectivity index (χ1v) is 14.4. The molecule has 196 valence electrons. The number of thioether (sulfide) groups is 1. The second kappa shape index (κ2) is 12.1. The molecule has 0 spiro atoms. The van der Waals surface area contributed by atoms with Crippen LogP contribution in [0.3, 0.4) is 0 Å². The summed E-state index contributed by atoms with van der Waals surface area (Å²) in [7, 11) is -3.67. The zero-order valence-corrected chi connectivity index (χ0v) is 22.4. The van der Waals surface area contributed by atoms with Gasteiger partial charge in [-0.25, -0.2) is 13.2 Å². The Hall–Kier alpha value is -3.96. The standard InChI is InChI=1S/C27H26N4O5S2/c1-19(2)36-26(33)20-10-9-11-21(16-20)28-25(32)17-37-27-30-29-24(31(27)22-12-5-3-6-13-22)18-38(34,35)23-14-7-4-8-15-23/h3-16,19H,17-18H2,1-2H3,(H,28,32). The van der Waals surface area contributed by atoms with Gasteiger partial charge in [-0.2, -0.15) is 0 Å². The molecule has 0 saturated heterocycles. The van der Waals surface area contributed by atoms with Crippen molar-refractivity contribution >= 4 is 39.2 Å². The molecule has 0 radical (unpaired) electrons. The number of aromatic nitrogens is 3. The number of sulfone groups is 1. The van der Waals surface area contributed by atoms with E-state index in [1.54, 1.807) is 60.9 Å². The number of para-hydroxylation sites is 1. The van der Waals surface area contributed by atoms with Crippen molar-refractivity contribution in [1.29, 1.82) is 0 Å². The molecule has 0 fully saturated rings. The van der Waals surface area contributed by atoms with Gasteiger partial charge in [0.25, 0.3) is 0 Å². The van der Waals surface area contributed by atoms with Crippen LogP contribution in [0.1, 0.15) is 30.0 Å². The van der Waals surface area contributed by atoms with Crippen molar-refractivity contribution in [3.05, 3.63) is 96.3 Å². The van der Waals surface area contributed by atoms with E-state index in [1.165, 1.54) is 12.1 Å². The van der Waals surface area contributed by atoms with Crippen molar-refractivity contribution in [2.75, 3.05) is 11.1 Å². The number of nitrogens with zero attached hydrogens (tertiary/aromatic N) is 3. The molecule has 0 aliphatic heterocycles. The molecule has 0 atom stereocenters. The van der Waals surface area contributed by atoms with E-state index in [-0.39, 0.29) is 34.2 Å². The van der Waals surface area contributed by atoms with Gasteiger partial charge in [-0.15, -0.1) is 10.2 Å². The highest BCUT2D eigenvalue weighted by Gasteiger charge is 2.23. The van der Waals surface area contributed by atoms with Crippen LogP contribution >= 0.6 is 11.8 Å². The fourth-order valence-corrected chi connectivity index (χ4v) is 5.57. The van der Waals surface area contributed by atoms with E-state index in [4.69, 9.17) is 4.74 Å². The number of amides is 1. The van der Waals surface area contributed by atoms with E-state index in [0.717, 1.165) is 11.8 Å². The number of benzene rings is 3. The number of carbonyl (C=O) groups excluding carboxylic acids is 2. The molecule has 0 aliphatic rings. The normalized spacial score (nSPS) is 11.3. The number of nitrogens with one attached hydrogen (secondary N) is 1. The highest BCUT2D eigenvalue weighted by atomic mass is 32.2. The Balaban J connectivity index is 1.51. The number of esters is 1. The second-order valence-electron chi connectivity index (χ2n) is 8.51. The fourth-order valence-electron chi connectivity index (χ4n) is 3.54. The number of rotatable bonds is 10. The largest absolute Gasteiger partial charge is 0.459 e. The summed E-state index contributed by atoms with van der Waals surface area (Å²) in [6.45, 7) is 3.52. The summed E-state index contributed by atoms with van der Waals surface area (Å²) in [4.78, 5) is 25.1. The smallest absolute Gasteiger partial charge is 0.338 e. The zero-order chi connectivity index (χ0) is 27.1. The first-order chi connectivity index (χ1) is 18.2. The van der Waals surface area contributed by atoms with Gasteiger partial charge < -0.3 is 10.1 Å². The first-order valence-electron chi connectivity index (χ1n) is 11.7. The van der Waals surface area contributed by atoms with Gasteiger partial charge >= 0.3 is 5.97 Å². The highest BCUT2D eigenvalue weighted by Crippen LogP contribution is 2.25. The van der Waals surface area contributed by atoms with Gasteiger partial charge in [-0.05, 0) is 56.3 Å². The predicted molar refractivity (Wildman–Crippen MR) is 145 cm³/mol. The monoisotopic (exact) mass is 550 g/mol. The van der Waals surface area contributed by atoms with E-state index in [9.17, 15) is 18.0 Å². The molecule has 11 heteroatoms. The Morgan fingerprint density at radius 1 is 0.947 bits per heavy atom. The molecule has 0 bridgehead atoms. The summed E-state index contributed by atoms with van der Waals surface area (Å²) in [5.41, 5.74) is 1.46. The van der Waals surface area contributed by atoms with Crippen LogP contribution < -0.4 is 5.32 Å². The van der Waals surface area contributed by atoms with Crippen molar-refractivity contribution < 1.29 is 22.7 Å². The Bertz CT molecular complexity index is 1520. The molecule has 0 aliphatic carbocycles. The molecule has 0 unspecified atom stereocenters. The summed E-state index contributed by atoms with van der Waals surface area (Å²) in [5, 5.41) is 11.5. The summed E-state index contributed by atoms with van der Waals surface area (Å²) < 4.78 is 32.9. The third-order valence-electron chi connectivity index (χ3n) is 5.19. The van der Waals surface area contributed by atoms with Crippen LogP contribution in [-0.4, -0.2) is 46.9 Å². The quantitative estimate of drug-likeness (QED) is 0.226. The molecule has 0 saturated carbocycles. The van der Waals surface area contributed by atoms with Crippen molar-refractivity contribution in [3.63, 3.8) is 0 Å². The summed E-state index contributed by atoms with van der Waals surface area (Å²) >= 11 is 1.12. The van der Waals surface area contributed by atoms with Crippen LogP contribution in [0.25, 0.3) is 5.69 Å². The van der Waals surface area contributed by atoms with E-state index >= 15 is 0 Å². The molecule has 3 aromatic carbocycles. The molecule has 1 aromatic heterocycles. The van der Waals surface area contributed by atoms with Gasteiger partial charge in [-0.1, -0.05) is 54.2 Å². The van der Waals surface area contributed by atoms with E-state index in [2.05, 4.69) is 15.5 Å². The molecule has 1 amide bonds. The summed E-state index contributed by atoms with van der Waals surface area (Å²) in [6.07, 6.45) is -0.258. The van der Waals surface area contributed by atoms with Gasteiger partial charge in [0.05, 0.1) is 22.3 Å². The van der Waals surface area contributed by atoms with Crippen LogP contribution in [-0.2, 0) is 25.1 Å². The third-order valence-corrected chi connectivity index (χ3v) is 7.75. The number of carbonyl (C=O) groups is 2. The lowest BCUT2D eigenvalue weighted by atomic mass is 10.2. The number of ether oxygens (including phenoxy) is 1. The molecule has 4 aromatic rings. The average molecular weight is 551 g/mol. The molecule has 1 N–H and O–H groups in total. The highest BCUT2D eigenvalue weighted by molar-refractivity contribution is 7.99. The average Bonchev–Trinajstić information content (AvgIpc) is 3.30. The van der Waals surface area contributed by atoms with Gasteiger partial charge in [0.2, 0.25) is 5.91 Å². The number of hydrogen-bond donors (Lipinski definition) is 1. The molecular formula is C27H26N4O5S2. The minimum atomic E-state index is -3.67. The van der Waals surface area contributed by atoms with Crippen molar-refractivity contribution in [2.24, 2.45) is 0 Å². The first kappa shape index (κ1) is 27.1. The molecule has 9 nitrogen and oxygen atoms in total. The summed E-state index contributed by atoms with van der Waals surface area (Å²) in [5.74, 6) is -0.939. The Morgan fingerprint density at radius 3 is 2.32 bits per heavy atom. The van der Waals surface area contributed by atoms with Crippen molar-refractivity contribution in [2.45, 2.75) is 35.8 Å². The van der Waals surface area contributed by atoms with Crippen LogP contribution in [0, 0.1) is 0 Å². The second-order valence-corrected chi connectivity index (χ2v) is 11.4. The van der Waals surface area contributed by atoms with Gasteiger partial charge in [0, 0.05) is 11.4 Å². The van der Waals surface area contributed by atoms with Crippen LogP contribution in [0.5, 0.6) is 0 Å². The maximum Gasteiger partial charge on any atom is 0.338 e. The van der Waals surface area contributed by atoms with Gasteiger partial charge in [0.1, 0.15) is 5.75 Å². The molecule has 1 heterocycles. The topological polar surface area (TPSA) is 120 Å². The van der Waals surface area contributed by atoms with E-state index in [0.29, 0.717) is 22.1 Å². The Labute approximate surface area is 225 Å². The SMILES string of the molecule is CC(C)OC(=O)c1cccc(NC(=O)CSc2nnc(CS(=O)(=O)c3ccccc3)n2-c2ccccc2)c1. The van der Waals surface area contributed by atoms with E-state index in [1.807, 2.05) is 30.3 Å². The maximum absolute atomic E-state index is 13.0. The molecule has 38 heavy (non-hydrogen) atoms. The predicted octanol–water partition coefficient (Wildman–Crippen LogP) is 4.54. The Morgan fingerprint density at radius 2 is 1.63 bits per heavy atom. The zero-order valence-electron chi connectivity index (χ0n) is 20.8. The lowest BCUT2D eigenvalue weighted by Crippen LogP contribution is -2.16. The van der Waals surface area contributed by atoms with Gasteiger partial charge in [0.15, 0.2) is 20.8 Å². The molecular weight excluding hydrogens is 524 g/mol. The number of hydrogen-bond acceptors (Lipinski definition) is 8. The van der Waals surface area contributed by atoms with Crippen LogP contribution in [0.15, 0.2) is 95.0 Å².